The van der Waals surface area contributed by atoms with Crippen molar-refractivity contribution in [3.8, 4) is 0 Å². The van der Waals surface area contributed by atoms with E-state index in [1.807, 2.05) is 11.9 Å². The van der Waals surface area contributed by atoms with Crippen molar-refractivity contribution in [2.24, 2.45) is 0 Å². The van der Waals surface area contributed by atoms with Gasteiger partial charge in [0.15, 0.2) is 0 Å². The second kappa shape index (κ2) is 6.77. The molecular formula is C15H21F3N2O. The summed E-state index contributed by atoms with van der Waals surface area (Å²) in [6.07, 6.45) is -3.67. The third kappa shape index (κ3) is 4.18. The molecule has 0 unspecified atom stereocenters. The van der Waals surface area contributed by atoms with E-state index in [0.29, 0.717) is 25.1 Å². The maximum absolute atomic E-state index is 13.0. The monoisotopic (exact) mass is 302 g/mol. The molecule has 21 heavy (non-hydrogen) atoms. The molecule has 1 heterocycles. The number of nitrogens with zero attached hydrogens (tertiary/aromatic N) is 2. The summed E-state index contributed by atoms with van der Waals surface area (Å²) < 4.78 is 39.0. The minimum Gasteiger partial charge on any atom is -0.396 e. The zero-order valence-corrected chi connectivity index (χ0v) is 12.1. The lowest BCUT2D eigenvalue weighted by atomic mass is 10.0. The van der Waals surface area contributed by atoms with Crippen LogP contribution in [0.25, 0.3) is 0 Å². The Kier molecular flexibility index (Phi) is 5.24. The van der Waals surface area contributed by atoms with Gasteiger partial charge in [0.25, 0.3) is 0 Å². The van der Waals surface area contributed by atoms with Crippen molar-refractivity contribution in [1.82, 2.24) is 9.80 Å². The molecule has 0 saturated carbocycles. The highest BCUT2D eigenvalue weighted by molar-refractivity contribution is 5.29. The highest BCUT2D eigenvalue weighted by Crippen LogP contribution is 2.32. The minimum atomic E-state index is -4.31. The van der Waals surface area contributed by atoms with E-state index in [4.69, 9.17) is 5.11 Å². The van der Waals surface area contributed by atoms with Gasteiger partial charge in [-0.2, -0.15) is 13.2 Å². The predicted molar refractivity (Wildman–Crippen MR) is 74.8 cm³/mol. The van der Waals surface area contributed by atoms with Crippen LogP contribution in [0.2, 0.25) is 0 Å². The van der Waals surface area contributed by atoms with Gasteiger partial charge in [0, 0.05) is 38.8 Å². The first-order valence-electron chi connectivity index (χ1n) is 7.10. The maximum atomic E-state index is 13.0. The van der Waals surface area contributed by atoms with E-state index in [2.05, 4.69) is 4.90 Å². The summed E-state index contributed by atoms with van der Waals surface area (Å²) in [7, 11) is 1.99. The van der Waals surface area contributed by atoms with Gasteiger partial charge >= 0.3 is 6.18 Å². The van der Waals surface area contributed by atoms with E-state index in [9.17, 15) is 13.2 Å². The molecule has 2 rings (SSSR count). The van der Waals surface area contributed by atoms with Crippen LogP contribution in [0, 0.1) is 0 Å². The number of rotatable bonds is 4. The van der Waals surface area contributed by atoms with E-state index in [1.54, 1.807) is 12.1 Å². The molecule has 1 aromatic rings. The van der Waals surface area contributed by atoms with Crippen LogP contribution >= 0.6 is 0 Å². The van der Waals surface area contributed by atoms with E-state index < -0.39 is 11.7 Å². The van der Waals surface area contributed by atoms with E-state index in [0.717, 1.165) is 19.2 Å². The van der Waals surface area contributed by atoms with Crippen molar-refractivity contribution in [2.75, 3.05) is 33.3 Å². The van der Waals surface area contributed by atoms with Gasteiger partial charge in [0.1, 0.15) is 0 Å². The van der Waals surface area contributed by atoms with E-state index >= 15 is 0 Å². The second-order valence-electron chi connectivity index (χ2n) is 5.54. The zero-order chi connectivity index (χ0) is 15.5. The molecule has 6 heteroatoms. The Morgan fingerprint density at radius 1 is 1.24 bits per heavy atom. The number of aliphatic hydroxyl groups excluding tert-OH is 1. The number of hydrogen-bond acceptors (Lipinski definition) is 3. The topological polar surface area (TPSA) is 26.7 Å². The summed E-state index contributed by atoms with van der Waals surface area (Å²) in [5, 5.41) is 9.07. The van der Waals surface area contributed by atoms with Crippen molar-refractivity contribution in [3.05, 3.63) is 35.4 Å². The summed E-state index contributed by atoms with van der Waals surface area (Å²) in [6.45, 7) is 2.63. The zero-order valence-electron chi connectivity index (χ0n) is 12.1. The third-order valence-electron chi connectivity index (χ3n) is 4.04. The average Bonchev–Trinajstić information content (AvgIpc) is 2.42. The van der Waals surface area contributed by atoms with Crippen LogP contribution in [0.15, 0.2) is 24.3 Å². The molecule has 118 valence electrons. The Hall–Kier alpha value is -1.11. The van der Waals surface area contributed by atoms with E-state index in [-0.39, 0.29) is 12.6 Å². The summed E-state index contributed by atoms with van der Waals surface area (Å²) in [4.78, 5) is 4.19. The first-order chi connectivity index (χ1) is 9.91. The lowest BCUT2D eigenvalue weighted by molar-refractivity contribution is -0.138. The number of aliphatic hydroxyl groups is 1. The molecule has 3 nitrogen and oxygen atoms in total. The van der Waals surface area contributed by atoms with Gasteiger partial charge in [-0.05, 0) is 25.1 Å². The van der Waals surface area contributed by atoms with Gasteiger partial charge in [-0.15, -0.1) is 0 Å². The summed E-state index contributed by atoms with van der Waals surface area (Å²) in [5.41, 5.74) is -0.236. The SMILES string of the molecule is CN1CCN(Cc2ccccc2C(F)(F)F)C[C@@H]1CCO. The summed E-state index contributed by atoms with van der Waals surface area (Å²) in [6, 6.07) is 5.94. The van der Waals surface area contributed by atoms with Crippen LogP contribution in [-0.2, 0) is 12.7 Å². The molecule has 0 aromatic heterocycles. The molecule has 1 aliphatic rings. The van der Waals surface area contributed by atoms with Crippen molar-refractivity contribution < 1.29 is 18.3 Å². The maximum Gasteiger partial charge on any atom is 0.416 e. The van der Waals surface area contributed by atoms with Gasteiger partial charge in [-0.1, -0.05) is 18.2 Å². The van der Waals surface area contributed by atoms with Crippen LogP contribution in [0.5, 0.6) is 0 Å². The fourth-order valence-electron chi connectivity index (χ4n) is 2.79. The van der Waals surface area contributed by atoms with Crippen LogP contribution < -0.4 is 0 Å². The summed E-state index contributed by atoms with van der Waals surface area (Å²) >= 11 is 0. The van der Waals surface area contributed by atoms with E-state index in [1.165, 1.54) is 6.07 Å². The highest BCUT2D eigenvalue weighted by atomic mass is 19.4. The van der Waals surface area contributed by atoms with Crippen molar-refractivity contribution in [2.45, 2.75) is 25.2 Å². The van der Waals surface area contributed by atoms with Gasteiger partial charge in [-0.3, -0.25) is 4.90 Å². The molecule has 1 aromatic carbocycles. The fraction of sp³-hybridized carbons (Fsp3) is 0.600. The number of likely N-dealkylation sites (N-methyl/N-ethyl adjacent to an activating group) is 1. The molecule has 1 N–H and O–H groups in total. The number of hydrogen-bond donors (Lipinski definition) is 1. The van der Waals surface area contributed by atoms with Crippen molar-refractivity contribution in [1.29, 1.82) is 0 Å². The highest BCUT2D eigenvalue weighted by Gasteiger charge is 2.33. The number of benzene rings is 1. The largest absolute Gasteiger partial charge is 0.416 e. The normalized spacial score (nSPS) is 21.7. The molecule has 0 radical (unpaired) electrons. The van der Waals surface area contributed by atoms with Gasteiger partial charge < -0.3 is 10.0 Å². The quantitative estimate of drug-likeness (QED) is 0.924. The lowest BCUT2D eigenvalue weighted by Crippen LogP contribution is -2.51. The molecule has 0 aliphatic carbocycles. The molecule has 1 fully saturated rings. The molecule has 1 atom stereocenters. The van der Waals surface area contributed by atoms with Crippen LogP contribution in [0.3, 0.4) is 0 Å². The Morgan fingerprint density at radius 2 is 1.95 bits per heavy atom. The van der Waals surface area contributed by atoms with Crippen LogP contribution in [0.4, 0.5) is 13.2 Å². The lowest BCUT2D eigenvalue weighted by Gasteiger charge is -2.39. The van der Waals surface area contributed by atoms with Gasteiger partial charge in [0.2, 0.25) is 0 Å². The first-order valence-corrected chi connectivity index (χ1v) is 7.10. The molecule has 1 aliphatic heterocycles. The Balaban J connectivity index is 2.08. The van der Waals surface area contributed by atoms with Gasteiger partial charge in [-0.25, -0.2) is 0 Å². The smallest absolute Gasteiger partial charge is 0.396 e. The Morgan fingerprint density at radius 3 is 2.62 bits per heavy atom. The Labute approximate surface area is 123 Å². The molecule has 1 saturated heterocycles. The second-order valence-corrected chi connectivity index (χ2v) is 5.54. The van der Waals surface area contributed by atoms with Crippen molar-refractivity contribution >= 4 is 0 Å². The fourth-order valence-corrected chi connectivity index (χ4v) is 2.79. The molecule has 0 spiro atoms. The number of halogens is 3. The third-order valence-corrected chi connectivity index (χ3v) is 4.04. The first kappa shape index (κ1) is 16.3. The molecular weight excluding hydrogens is 281 g/mol. The summed E-state index contributed by atoms with van der Waals surface area (Å²) in [5.74, 6) is 0. The molecule has 0 amide bonds. The molecule has 0 bridgehead atoms. The number of alkyl halides is 3. The van der Waals surface area contributed by atoms with Crippen LogP contribution in [0.1, 0.15) is 17.5 Å². The van der Waals surface area contributed by atoms with Crippen LogP contribution in [-0.4, -0.2) is 54.2 Å². The average molecular weight is 302 g/mol. The predicted octanol–water partition coefficient (Wildman–Crippen LogP) is 2.20. The van der Waals surface area contributed by atoms with Gasteiger partial charge in [0.05, 0.1) is 5.56 Å². The van der Waals surface area contributed by atoms with Crippen molar-refractivity contribution in [3.63, 3.8) is 0 Å². The minimum absolute atomic E-state index is 0.0992. The standard InChI is InChI=1S/C15H21F3N2O/c1-19-7-8-20(11-13(19)6-9-21)10-12-4-2-3-5-14(12)15(16,17)18/h2-5,13,21H,6-11H2,1H3/t13-/m0/s1. The number of piperazine rings is 1. The Bertz CT molecular complexity index is 464.